The molecule has 0 aliphatic rings. The highest BCUT2D eigenvalue weighted by Gasteiger charge is 2.20. The van der Waals surface area contributed by atoms with E-state index in [1.807, 2.05) is 26.8 Å². The van der Waals surface area contributed by atoms with Gasteiger partial charge in [0.1, 0.15) is 10.8 Å². The van der Waals surface area contributed by atoms with E-state index in [1.54, 1.807) is 32.0 Å². The van der Waals surface area contributed by atoms with Crippen LogP contribution in [0.2, 0.25) is 5.02 Å². The zero-order valence-corrected chi connectivity index (χ0v) is 25.1. The highest BCUT2D eigenvalue weighted by atomic mass is 79.9. The van der Waals surface area contributed by atoms with Crippen LogP contribution in [0, 0.1) is 0 Å². The topological polar surface area (TPSA) is 92.0 Å². The standard InChI is InChI=1S/C26H28Br2ClN3O5/c1-6-15(5)25-31-19-9-8-17(27)11-18(19)26(34)32(25)30-12-16-10-20(35-7-2)24(23(29)22(16)28)36-13-21(33)37-14(3)4/h8-12,14-15H,6-7,13H2,1-5H3/t15-/m1/s1. The number of benzene rings is 2. The van der Waals surface area contributed by atoms with Crippen LogP contribution in [0.1, 0.15) is 58.3 Å². The minimum Gasteiger partial charge on any atom is -0.490 e. The van der Waals surface area contributed by atoms with Crippen molar-refractivity contribution < 1.29 is 19.0 Å². The van der Waals surface area contributed by atoms with Gasteiger partial charge < -0.3 is 14.2 Å². The lowest BCUT2D eigenvalue weighted by Crippen LogP contribution is -2.23. The summed E-state index contributed by atoms with van der Waals surface area (Å²) in [5.41, 5.74) is 0.867. The van der Waals surface area contributed by atoms with Crippen molar-refractivity contribution in [2.45, 2.75) is 53.1 Å². The van der Waals surface area contributed by atoms with Crippen LogP contribution in [0.5, 0.6) is 11.5 Å². The Morgan fingerprint density at radius 1 is 1.19 bits per heavy atom. The molecule has 0 N–H and O–H groups in total. The van der Waals surface area contributed by atoms with Gasteiger partial charge in [0, 0.05) is 20.4 Å². The Bertz CT molecular complexity index is 1390. The lowest BCUT2D eigenvalue weighted by Gasteiger charge is -2.17. The van der Waals surface area contributed by atoms with Crippen molar-refractivity contribution in [1.29, 1.82) is 0 Å². The molecule has 11 heteroatoms. The second-order valence-corrected chi connectivity index (χ2v) is 10.6. The Kier molecular flexibility index (Phi) is 10.1. The van der Waals surface area contributed by atoms with E-state index in [4.69, 9.17) is 30.8 Å². The molecule has 0 radical (unpaired) electrons. The van der Waals surface area contributed by atoms with Crippen LogP contribution in [0.15, 0.2) is 43.1 Å². The van der Waals surface area contributed by atoms with Crippen LogP contribution in [-0.2, 0) is 9.53 Å². The number of hydrogen-bond donors (Lipinski definition) is 0. The second-order valence-electron chi connectivity index (χ2n) is 8.48. The molecule has 198 valence electrons. The van der Waals surface area contributed by atoms with E-state index in [2.05, 4.69) is 37.0 Å². The first-order valence-electron chi connectivity index (χ1n) is 11.8. The van der Waals surface area contributed by atoms with Crippen LogP contribution in [0.3, 0.4) is 0 Å². The van der Waals surface area contributed by atoms with Crippen LogP contribution in [-0.4, -0.2) is 41.2 Å². The summed E-state index contributed by atoms with van der Waals surface area (Å²) < 4.78 is 19.0. The van der Waals surface area contributed by atoms with Gasteiger partial charge in [-0.2, -0.15) is 9.78 Å². The molecule has 0 aliphatic heterocycles. The number of esters is 1. The molecule has 3 aromatic rings. The summed E-state index contributed by atoms with van der Waals surface area (Å²) in [5.74, 6) is 0.537. The van der Waals surface area contributed by atoms with Gasteiger partial charge in [0.05, 0.1) is 29.8 Å². The summed E-state index contributed by atoms with van der Waals surface area (Å²) in [4.78, 5) is 30.1. The molecule has 0 aliphatic carbocycles. The third kappa shape index (κ3) is 6.91. The van der Waals surface area contributed by atoms with Crippen molar-refractivity contribution >= 4 is 66.5 Å². The van der Waals surface area contributed by atoms with Gasteiger partial charge in [-0.1, -0.05) is 41.4 Å². The van der Waals surface area contributed by atoms with E-state index >= 15 is 0 Å². The maximum Gasteiger partial charge on any atom is 0.344 e. The summed E-state index contributed by atoms with van der Waals surface area (Å²) in [5, 5.41) is 5.15. The molecule has 8 nitrogen and oxygen atoms in total. The Morgan fingerprint density at radius 2 is 1.92 bits per heavy atom. The number of nitrogens with zero attached hydrogens (tertiary/aromatic N) is 3. The van der Waals surface area contributed by atoms with Gasteiger partial charge in [0.25, 0.3) is 5.56 Å². The predicted molar refractivity (Wildman–Crippen MR) is 152 cm³/mol. The van der Waals surface area contributed by atoms with E-state index in [1.165, 1.54) is 10.9 Å². The monoisotopic (exact) mass is 655 g/mol. The smallest absolute Gasteiger partial charge is 0.344 e. The van der Waals surface area contributed by atoms with Crippen LogP contribution in [0.25, 0.3) is 10.9 Å². The normalized spacial score (nSPS) is 12.4. The first-order valence-corrected chi connectivity index (χ1v) is 13.8. The van der Waals surface area contributed by atoms with Gasteiger partial charge in [-0.3, -0.25) is 4.79 Å². The molecule has 2 aromatic carbocycles. The van der Waals surface area contributed by atoms with Crippen molar-refractivity contribution in [3.05, 3.63) is 60.0 Å². The van der Waals surface area contributed by atoms with Crippen LogP contribution < -0.4 is 15.0 Å². The number of halogens is 3. The largest absolute Gasteiger partial charge is 0.490 e. The van der Waals surface area contributed by atoms with Crippen molar-refractivity contribution in [3.63, 3.8) is 0 Å². The number of rotatable bonds is 10. The fourth-order valence-corrected chi connectivity index (χ4v) is 4.44. The fourth-order valence-electron chi connectivity index (χ4n) is 3.42. The van der Waals surface area contributed by atoms with E-state index < -0.39 is 5.97 Å². The number of ether oxygens (including phenoxy) is 3. The zero-order chi connectivity index (χ0) is 27.3. The predicted octanol–water partition coefficient (Wildman–Crippen LogP) is 6.70. The van der Waals surface area contributed by atoms with E-state index in [-0.39, 0.29) is 35.0 Å². The Balaban J connectivity index is 2.07. The molecular weight excluding hydrogens is 630 g/mol. The maximum atomic E-state index is 13.4. The van der Waals surface area contributed by atoms with Gasteiger partial charge in [0.2, 0.25) is 0 Å². The lowest BCUT2D eigenvalue weighted by atomic mass is 10.1. The average molecular weight is 658 g/mol. The Hall–Kier alpha value is -2.43. The molecule has 37 heavy (non-hydrogen) atoms. The third-order valence-corrected chi connectivity index (χ3v) is 7.29. The molecule has 0 spiro atoms. The second kappa shape index (κ2) is 12.9. The molecule has 0 fully saturated rings. The first kappa shape index (κ1) is 29.1. The Labute approximate surface area is 237 Å². The fraction of sp³-hybridized carbons (Fsp3) is 0.385. The number of carbonyl (C=O) groups is 1. The molecular formula is C26H28Br2ClN3O5. The van der Waals surface area contributed by atoms with Crippen molar-refractivity contribution in [3.8, 4) is 11.5 Å². The summed E-state index contributed by atoms with van der Waals surface area (Å²) in [6, 6.07) is 7.06. The zero-order valence-electron chi connectivity index (χ0n) is 21.2. The van der Waals surface area contributed by atoms with Crippen molar-refractivity contribution in [2.24, 2.45) is 5.10 Å². The lowest BCUT2D eigenvalue weighted by molar-refractivity contribution is -0.149. The van der Waals surface area contributed by atoms with Gasteiger partial charge in [-0.25, -0.2) is 9.78 Å². The minimum atomic E-state index is -0.525. The Morgan fingerprint density at radius 3 is 2.57 bits per heavy atom. The molecule has 1 aromatic heterocycles. The summed E-state index contributed by atoms with van der Waals surface area (Å²) in [6.45, 7) is 9.35. The molecule has 0 amide bonds. The average Bonchev–Trinajstić information content (AvgIpc) is 2.85. The van der Waals surface area contributed by atoms with Gasteiger partial charge in [0.15, 0.2) is 18.1 Å². The van der Waals surface area contributed by atoms with Crippen molar-refractivity contribution in [1.82, 2.24) is 9.66 Å². The van der Waals surface area contributed by atoms with Crippen LogP contribution >= 0.6 is 43.5 Å². The molecule has 0 saturated heterocycles. The van der Waals surface area contributed by atoms with E-state index in [0.717, 1.165) is 10.9 Å². The third-order valence-electron chi connectivity index (χ3n) is 5.36. The molecule has 1 heterocycles. The highest BCUT2D eigenvalue weighted by Crippen LogP contribution is 2.42. The maximum absolute atomic E-state index is 13.4. The van der Waals surface area contributed by atoms with Gasteiger partial charge in [-0.05, 0) is 67.4 Å². The summed E-state index contributed by atoms with van der Waals surface area (Å²) in [7, 11) is 0. The minimum absolute atomic E-state index is 0.00900. The summed E-state index contributed by atoms with van der Waals surface area (Å²) >= 11 is 13.5. The van der Waals surface area contributed by atoms with E-state index in [9.17, 15) is 9.59 Å². The molecule has 0 bridgehead atoms. The molecule has 3 rings (SSSR count). The number of hydrogen-bond acceptors (Lipinski definition) is 7. The van der Waals surface area contributed by atoms with E-state index in [0.29, 0.717) is 39.1 Å². The van der Waals surface area contributed by atoms with Gasteiger partial charge in [-0.15, -0.1) is 0 Å². The van der Waals surface area contributed by atoms with Gasteiger partial charge >= 0.3 is 5.97 Å². The van der Waals surface area contributed by atoms with Crippen molar-refractivity contribution in [2.75, 3.05) is 13.2 Å². The number of fused-ring (bicyclic) bond motifs is 1. The molecule has 1 atom stereocenters. The first-order chi connectivity index (χ1) is 17.6. The van der Waals surface area contributed by atoms with Crippen LogP contribution in [0.4, 0.5) is 0 Å². The molecule has 0 unspecified atom stereocenters. The highest BCUT2D eigenvalue weighted by molar-refractivity contribution is 9.10. The SMILES string of the molecule is CCOc1cc(C=Nn2c([C@H](C)CC)nc3ccc(Br)cc3c2=O)c(Br)c(Cl)c1OCC(=O)OC(C)C. The number of carbonyl (C=O) groups excluding carboxylic acids is 1. The quantitative estimate of drug-likeness (QED) is 0.178. The number of aromatic nitrogens is 2. The molecule has 0 saturated carbocycles. The summed E-state index contributed by atoms with van der Waals surface area (Å²) in [6.07, 6.45) is 2.02.